The highest BCUT2D eigenvalue weighted by molar-refractivity contribution is 7.80. The number of thiol groups is 1. The number of aliphatic hydroxyl groups is 1. The van der Waals surface area contributed by atoms with Gasteiger partial charge in [-0.2, -0.15) is 12.6 Å². The van der Waals surface area contributed by atoms with Crippen LogP contribution in [0.25, 0.3) is 0 Å². The molecule has 0 spiro atoms. The zero-order valence-electron chi connectivity index (χ0n) is 13.8. The van der Waals surface area contributed by atoms with Gasteiger partial charge in [-0.05, 0) is 26.3 Å². The fraction of sp³-hybridized carbons (Fsp3) is 0.714. The van der Waals surface area contributed by atoms with Crippen molar-refractivity contribution in [2.75, 3.05) is 18.8 Å². The van der Waals surface area contributed by atoms with Crippen LogP contribution in [-0.4, -0.2) is 77.0 Å². The van der Waals surface area contributed by atoms with Gasteiger partial charge < -0.3 is 31.5 Å². The van der Waals surface area contributed by atoms with Crippen LogP contribution in [0.1, 0.15) is 19.8 Å². The minimum absolute atomic E-state index is 0.0815. The van der Waals surface area contributed by atoms with Gasteiger partial charge in [0.2, 0.25) is 17.7 Å². The lowest BCUT2D eigenvalue weighted by Gasteiger charge is -2.25. The summed E-state index contributed by atoms with van der Waals surface area (Å²) in [7, 11) is 0. The van der Waals surface area contributed by atoms with Gasteiger partial charge in [-0.15, -0.1) is 0 Å². The zero-order valence-corrected chi connectivity index (χ0v) is 14.7. The maximum absolute atomic E-state index is 12.3. The molecule has 1 fully saturated rings. The summed E-state index contributed by atoms with van der Waals surface area (Å²) in [6, 6.07) is -2.77. The maximum Gasteiger partial charge on any atom is 0.322 e. The van der Waals surface area contributed by atoms with Crippen molar-refractivity contribution in [3.05, 3.63) is 0 Å². The molecule has 1 rings (SSSR count). The molecule has 1 aliphatic heterocycles. The molecule has 4 atom stereocenters. The number of nitrogens with one attached hydrogen (secondary N) is 4. The minimum atomic E-state index is -1.25. The molecule has 1 saturated heterocycles. The predicted octanol–water partition coefficient (Wildman–Crippen LogP) is -2.78. The van der Waals surface area contributed by atoms with E-state index >= 15 is 0 Å². The molecule has 0 aromatic rings. The molecule has 4 unspecified atom stereocenters. The molecular weight excluding hydrogens is 352 g/mol. The Bertz CT molecular complexity index is 510. The van der Waals surface area contributed by atoms with Crippen LogP contribution in [0.5, 0.6) is 0 Å². The number of aliphatic hydroxyl groups excluding tert-OH is 1. The fourth-order valence-corrected chi connectivity index (χ4v) is 2.57. The first-order valence-electron chi connectivity index (χ1n) is 7.88. The summed E-state index contributed by atoms with van der Waals surface area (Å²) < 4.78 is 0. The summed E-state index contributed by atoms with van der Waals surface area (Å²) >= 11 is 3.95. The number of rotatable bonds is 9. The van der Waals surface area contributed by atoms with Gasteiger partial charge >= 0.3 is 5.97 Å². The summed E-state index contributed by atoms with van der Waals surface area (Å²) in [5.41, 5.74) is 0. The molecule has 6 N–H and O–H groups in total. The predicted molar refractivity (Wildman–Crippen MR) is 91.1 cm³/mol. The number of amides is 3. The molecule has 0 aliphatic carbocycles. The largest absolute Gasteiger partial charge is 0.480 e. The first-order chi connectivity index (χ1) is 11.8. The highest BCUT2D eigenvalue weighted by atomic mass is 32.1. The number of carboxylic acids is 1. The average Bonchev–Trinajstić information content (AvgIpc) is 3.09. The number of aliphatic carboxylic acids is 1. The lowest BCUT2D eigenvalue weighted by Crippen LogP contribution is -2.59. The Labute approximate surface area is 150 Å². The highest BCUT2D eigenvalue weighted by Crippen LogP contribution is 2.06. The minimum Gasteiger partial charge on any atom is -0.480 e. The molecule has 0 aromatic heterocycles. The molecule has 0 bridgehead atoms. The summed E-state index contributed by atoms with van der Waals surface area (Å²) in [5.74, 6) is -3.20. The molecule has 0 aromatic carbocycles. The normalized spacial score (nSPS) is 20.2. The van der Waals surface area contributed by atoms with Gasteiger partial charge in [0.1, 0.15) is 18.6 Å². The van der Waals surface area contributed by atoms with Gasteiger partial charge in [0, 0.05) is 5.75 Å². The Hall–Kier alpha value is -1.85. The number of carbonyl (C=O) groups is 4. The van der Waals surface area contributed by atoms with E-state index in [0.717, 1.165) is 6.42 Å². The molecule has 3 amide bonds. The van der Waals surface area contributed by atoms with Crippen LogP contribution in [0.4, 0.5) is 0 Å². The first-order valence-corrected chi connectivity index (χ1v) is 8.52. The molecule has 0 radical (unpaired) electrons. The average molecular weight is 376 g/mol. The summed E-state index contributed by atoms with van der Waals surface area (Å²) in [4.78, 5) is 46.7. The second-order valence-electron chi connectivity index (χ2n) is 5.73. The standard InChI is InChI=1S/C14H24N4O6S/c1-7(19)11(18-13(23)8-3-2-4-15-8)14(24)17-9(6-25)12(22)16-5-10(20)21/h7-9,11,15,19,25H,2-6H2,1H3,(H,16,22)(H,17,24)(H,18,23)(H,20,21). The van der Waals surface area contributed by atoms with Crippen molar-refractivity contribution >= 4 is 36.3 Å². The zero-order chi connectivity index (χ0) is 19.0. The van der Waals surface area contributed by atoms with Crippen LogP contribution in [0.3, 0.4) is 0 Å². The lowest BCUT2D eigenvalue weighted by atomic mass is 10.1. The van der Waals surface area contributed by atoms with Gasteiger partial charge in [0.05, 0.1) is 12.1 Å². The number of hydrogen-bond acceptors (Lipinski definition) is 7. The molecule has 11 heteroatoms. The molecule has 0 saturated carbocycles. The van der Waals surface area contributed by atoms with E-state index in [1.54, 1.807) is 0 Å². The van der Waals surface area contributed by atoms with E-state index in [9.17, 15) is 24.3 Å². The van der Waals surface area contributed by atoms with Gasteiger partial charge in [0.15, 0.2) is 0 Å². The number of carboxylic acid groups (broad SMARTS) is 1. The monoisotopic (exact) mass is 376 g/mol. The van der Waals surface area contributed by atoms with Gasteiger partial charge in [-0.25, -0.2) is 0 Å². The van der Waals surface area contributed by atoms with Crippen molar-refractivity contribution in [1.82, 2.24) is 21.3 Å². The SMILES string of the molecule is CC(O)C(NC(=O)C1CCCN1)C(=O)NC(CS)C(=O)NCC(=O)O. The molecule has 1 aliphatic rings. The Kier molecular flexibility index (Phi) is 8.66. The smallest absolute Gasteiger partial charge is 0.322 e. The van der Waals surface area contributed by atoms with Crippen LogP contribution in [0.15, 0.2) is 0 Å². The number of hydrogen-bond donors (Lipinski definition) is 7. The van der Waals surface area contributed by atoms with Crippen molar-refractivity contribution in [2.24, 2.45) is 0 Å². The third-order valence-electron chi connectivity index (χ3n) is 3.67. The maximum atomic E-state index is 12.3. The Morgan fingerprint density at radius 2 is 1.92 bits per heavy atom. The van der Waals surface area contributed by atoms with Crippen molar-refractivity contribution in [3.8, 4) is 0 Å². The molecule has 10 nitrogen and oxygen atoms in total. The van der Waals surface area contributed by atoms with E-state index in [2.05, 4.69) is 33.9 Å². The second-order valence-corrected chi connectivity index (χ2v) is 6.10. The summed E-state index contributed by atoms with van der Waals surface area (Å²) in [6.07, 6.45) is 0.291. The van der Waals surface area contributed by atoms with Crippen LogP contribution < -0.4 is 21.3 Å². The van der Waals surface area contributed by atoms with Crippen molar-refractivity contribution in [2.45, 2.75) is 44.0 Å². The van der Waals surface area contributed by atoms with Crippen LogP contribution in [0.2, 0.25) is 0 Å². The summed E-state index contributed by atoms with van der Waals surface area (Å²) in [5, 5.41) is 28.3. The van der Waals surface area contributed by atoms with Crippen molar-refractivity contribution in [1.29, 1.82) is 0 Å². The summed E-state index contributed by atoms with van der Waals surface area (Å²) in [6.45, 7) is 1.45. The van der Waals surface area contributed by atoms with E-state index in [1.165, 1.54) is 6.92 Å². The van der Waals surface area contributed by atoms with E-state index < -0.39 is 54.5 Å². The third kappa shape index (κ3) is 6.88. The Morgan fingerprint density at radius 3 is 2.40 bits per heavy atom. The van der Waals surface area contributed by atoms with Gasteiger partial charge in [-0.3, -0.25) is 19.2 Å². The molecule has 1 heterocycles. The van der Waals surface area contributed by atoms with Crippen LogP contribution in [-0.2, 0) is 19.2 Å². The Balaban J connectivity index is 2.65. The van der Waals surface area contributed by atoms with Gasteiger partial charge in [-0.1, -0.05) is 0 Å². The first kappa shape index (κ1) is 21.2. The molecular formula is C14H24N4O6S. The van der Waals surface area contributed by atoms with Gasteiger partial charge in [0.25, 0.3) is 0 Å². The van der Waals surface area contributed by atoms with Crippen LogP contribution >= 0.6 is 12.6 Å². The highest BCUT2D eigenvalue weighted by Gasteiger charge is 2.32. The second kappa shape index (κ2) is 10.2. The molecule has 142 valence electrons. The molecule has 25 heavy (non-hydrogen) atoms. The van der Waals surface area contributed by atoms with E-state index in [4.69, 9.17) is 5.11 Å². The van der Waals surface area contributed by atoms with E-state index in [1.807, 2.05) is 0 Å². The van der Waals surface area contributed by atoms with E-state index in [-0.39, 0.29) is 5.75 Å². The quantitative estimate of drug-likeness (QED) is 0.215. The number of carbonyl (C=O) groups excluding carboxylic acids is 3. The van der Waals surface area contributed by atoms with E-state index in [0.29, 0.717) is 13.0 Å². The third-order valence-corrected chi connectivity index (χ3v) is 4.03. The van der Waals surface area contributed by atoms with Crippen molar-refractivity contribution < 1.29 is 29.4 Å². The fourth-order valence-electron chi connectivity index (χ4n) is 2.31. The van der Waals surface area contributed by atoms with Crippen molar-refractivity contribution in [3.63, 3.8) is 0 Å². The lowest BCUT2D eigenvalue weighted by molar-refractivity contribution is -0.138. The topological polar surface area (TPSA) is 157 Å². The Morgan fingerprint density at radius 1 is 1.24 bits per heavy atom. The van der Waals surface area contributed by atoms with Crippen LogP contribution in [0, 0.1) is 0 Å².